The molecule has 2 aliphatic rings. The van der Waals surface area contributed by atoms with Crippen molar-refractivity contribution in [2.24, 2.45) is 5.92 Å². The molecule has 3 heterocycles. The van der Waals surface area contributed by atoms with E-state index in [1.807, 2.05) is 35.7 Å². The van der Waals surface area contributed by atoms with Crippen LogP contribution in [0.4, 0.5) is 0 Å². The summed E-state index contributed by atoms with van der Waals surface area (Å²) in [5, 5.41) is 2.75. The molecule has 0 N–H and O–H groups in total. The number of nitrogens with zero attached hydrogens (tertiary/aromatic N) is 3. The number of likely N-dealkylation sites (tertiary alicyclic amines) is 2. The van der Waals surface area contributed by atoms with Crippen molar-refractivity contribution < 1.29 is 19.1 Å². The predicted molar refractivity (Wildman–Crippen MR) is 129 cm³/mol. The maximum absolute atomic E-state index is 13.0. The van der Waals surface area contributed by atoms with E-state index in [9.17, 15) is 14.4 Å². The van der Waals surface area contributed by atoms with E-state index < -0.39 is 0 Å². The monoisotopic (exact) mass is 479 g/mol. The fourth-order valence-corrected chi connectivity index (χ4v) is 5.37. The average Bonchev–Trinajstić information content (AvgIpc) is 3.38. The van der Waals surface area contributed by atoms with E-state index in [1.165, 1.54) is 11.3 Å². The molecule has 0 spiro atoms. The van der Waals surface area contributed by atoms with E-state index >= 15 is 0 Å². The predicted octanol–water partition coefficient (Wildman–Crippen LogP) is 3.32. The highest BCUT2D eigenvalue weighted by Crippen LogP contribution is 2.31. The SMILES string of the molecule is CCOC(=O)C1CCCN(C(=O)c2csc(C3CCN(C(=O)C#Cc4ccccc4)CC3)n2)C1. The van der Waals surface area contributed by atoms with Gasteiger partial charge in [-0.3, -0.25) is 14.4 Å². The quantitative estimate of drug-likeness (QED) is 0.497. The maximum atomic E-state index is 13.0. The van der Waals surface area contributed by atoms with Crippen molar-refractivity contribution in [3.8, 4) is 11.8 Å². The second kappa shape index (κ2) is 11.3. The van der Waals surface area contributed by atoms with Gasteiger partial charge in [0.1, 0.15) is 5.69 Å². The lowest BCUT2D eigenvalue weighted by atomic mass is 9.97. The Hall–Kier alpha value is -3.18. The number of thiazole rings is 1. The first kappa shape index (κ1) is 24.0. The number of piperidine rings is 2. The molecule has 1 aromatic heterocycles. The van der Waals surface area contributed by atoms with Gasteiger partial charge in [-0.15, -0.1) is 11.3 Å². The van der Waals surface area contributed by atoms with Crippen molar-refractivity contribution in [1.29, 1.82) is 0 Å². The zero-order valence-corrected chi connectivity index (χ0v) is 20.2. The highest BCUT2D eigenvalue weighted by molar-refractivity contribution is 7.09. The molecule has 7 nitrogen and oxygen atoms in total. The van der Waals surface area contributed by atoms with Gasteiger partial charge in [-0.1, -0.05) is 24.1 Å². The normalized spacial score (nSPS) is 18.7. The fourth-order valence-electron chi connectivity index (χ4n) is 4.41. The molecule has 1 unspecified atom stereocenters. The number of carbonyl (C=O) groups excluding carboxylic acids is 3. The Morgan fingerprint density at radius 3 is 2.59 bits per heavy atom. The molecular weight excluding hydrogens is 450 g/mol. The van der Waals surface area contributed by atoms with Crippen LogP contribution in [0.1, 0.15) is 59.6 Å². The number of rotatable bonds is 4. The van der Waals surface area contributed by atoms with E-state index in [-0.39, 0.29) is 29.6 Å². The topological polar surface area (TPSA) is 79.8 Å². The van der Waals surface area contributed by atoms with Crippen molar-refractivity contribution in [3.63, 3.8) is 0 Å². The summed E-state index contributed by atoms with van der Waals surface area (Å²) in [5.74, 6) is 5.12. The second-order valence-electron chi connectivity index (χ2n) is 8.60. The van der Waals surface area contributed by atoms with Gasteiger partial charge in [0, 0.05) is 49.0 Å². The first-order chi connectivity index (χ1) is 16.5. The number of benzene rings is 1. The van der Waals surface area contributed by atoms with Crippen molar-refractivity contribution in [2.75, 3.05) is 32.8 Å². The van der Waals surface area contributed by atoms with Gasteiger partial charge in [0.2, 0.25) is 0 Å². The third-order valence-corrected chi connectivity index (χ3v) is 7.30. The Bertz CT molecular complexity index is 1080. The number of hydrogen-bond donors (Lipinski definition) is 0. The highest BCUT2D eigenvalue weighted by Gasteiger charge is 2.31. The van der Waals surface area contributed by atoms with E-state index in [1.54, 1.807) is 16.7 Å². The lowest BCUT2D eigenvalue weighted by Crippen LogP contribution is -2.43. The Balaban J connectivity index is 1.31. The first-order valence-electron chi connectivity index (χ1n) is 11.8. The van der Waals surface area contributed by atoms with Gasteiger partial charge >= 0.3 is 5.97 Å². The molecule has 0 bridgehead atoms. The first-order valence-corrected chi connectivity index (χ1v) is 12.7. The van der Waals surface area contributed by atoms with Crippen LogP contribution >= 0.6 is 11.3 Å². The summed E-state index contributed by atoms with van der Waals surface area (Å²) in [5.41, 5.74) is 1.27. The zero-order valence-electron chi connectivity index (χ0n) is 19.4. The standard InChI is InChI=1S/C26H29N3O4S/c1-2-33-26(32)21-9-6-14-29(17-21)25(31)22-18-34-24(27-22)20-12-15-28(16-13-20)23(30)11-10-19-7-4-3-5-8-19/h3-5,7-8,18,20-21H,2,6,9,12-17H2,1H3. The summed E-state index contributed by atoms with van der Waals surface area (Å²) in [6.45, 7) is 4.41. The Kier molecular flexibility index (Phi) is 7.96. The Labute approximate surface area is 204 Å². The lowest BCUT2D eigenvalue weighted by Gasteiger charge is -2.31. The van der Waals surface area contributed by atoms with Crippen molar-refractivity contribution in [1.82, 2.24) is 14.8 Å². The lowest BCUT2D eigenvalue weighted by molar-refractivity contribution is -0.149. The van der Waals surface area contributed by atoms with Gasteiger partial charge in [0.15, 0.2) is 0 Å². The highest BCUT2D eigenvalue weighted by atomic mass is 32.1. The van der Waals surface area contributed by atoms with Crippen LogP contribution in [0.2, 0.25) is 0 Å². The van der Waals surface area contributed by atoms with Gasteiger partial charge in [-0.2, -0.15) is 0 Å². The smallest absolute Gasteiger partial charge is 0.310 e. The van der Waals surface area contributed by atoms with Gasteiger partial charge in [0.25, 0.3) is 11.8 Å². The Morgan fingerprint density at radius 1 is 1.09 bits per heavy atom. The minimum absolute atomic E-state index is 0.125. The minimum atomic E-state index is -0.261. The number of esters is 1. The number of carbonyl (C=O) groups is 3. The molecule has 2 amide bonds. The van der Waals surface area contributed by atoms with Gasteiger partial charge < -0.3 is 14.5 Å². The van der Waals surface area contributed by atoms with Crippen molar-refractivity contribution >= 4 is 29.1 Å². The second-order valence-corrected chi connectivity index (χ2v) is 9.49. The van der Waals surface area contributed by atoms with Crippen LogP contribution < -0.4 is 0 Å². The van der Waals surface area contributed by atoms with Crippen LogP contribution in [0.3, 0.4) is 0 Å². The molecule has 4 rings (SSSR count). The third kappa shape index (κ3) is 5.84. The maximum Gasteiger partial charge on any atom is 0.310 e. The summed E-state index contributed by atoms with van der Waals surface area (Å²) < 4.78 is 5.13. The molecule has 0 saturated carbocycles. The van der Waals surface area contributed by atoms with Crippen LogP contribution in [0, 0.1) is 17.8 Å². The van der Waals surface area contributed by atoms with Crippen molar-refractivity contribution in [3.05, 3.63) is 52.0 Å². The van der Waals surface area contributed by atoms with Gasteiger partial charge in [0.05, 0.1) is 17.5 Å². The molecule has 2 aromatic rings. The summed E-state index contributed by atoms with van der Waals surface area (Å²) in [6.07, 6.45) is 3.13. The summed E-state index contributed by atoms with van der Waals surface area (Å²) in [7, 11) is 0. The number of aromatic nitrogens is 1. The Morgan fingerprint density at radius 2 is 1.85 bits per heavy atom. The molecule has 2 saturated heterocycles. The molecule has 2 fully saturated rings. The molecular formula is C26H29N3O4S. The third-order valence-electron chi connectivity index (χ3n) is 6.29. The van der Waals surface area contributed by atoms with E-state index in [4.69, 9.17) is 4.74 Å². The van der Waals surface area contributed by atoms with E-state index in [0.29, 0.717) is 38.5 Å². The van der Waals surface area contributed by atoms with Crippen LogP contribution in [0.5, 0.6) is 0 Å². The minimum Gasteiger partial charge on any atom is -0.466 e. The molecule has 0 radical (unpaired) electrons. The zero-order chi connectivity index (χ0) is 23.9. The molecule has 2 aliphatic heterocycles. The van der Waals surface area contributed by atoms with Gasteiger partial charge in [-0.25, -0.2) is 4.98 Å². The molecule has 1 atom stereocenters. The average molecular weight is 480 g/mol. The van der Waals surface area contributed by atoms with Crippen LogP contribution in [-0.4, -0.2) is 65.4 Å². The molecule has 8 heteroatoms. The molecule has 178 valence electrons. The fraction of sp³-hybridized carbons (Fsp3) is 0.462. The number of hydrogen-bond acceptors (Lipinski definition) is 6. The van der Waals surface area contributed by atoms with E-state index in [2.05, 4.69) is 16.8 Å². The number of amides is 2. The van der Waals surface area contributed by atoms with Crippen LogP contribution in [0.15, 0.2) is 35.7 Å². The van der Waals surface area contributed by atoms with Crippen LogP contribution in [0.25, 0.3) is 0 Å². The van der Waals surface area contributed by atoms with E-state index in [0.717, 1.165) is 36.3 Å². The van der Waals surface area contributed by atoms with Crippen molar-refractivity contribution in [2.45, 2.75) is 38.5 Å². The summed E-state index contributed by atoms with van der Waals surface area (Å²) in [6, 6.07) is 9.49. The summed E-state index contributed by atoms with van der Waals surface area (Å²) >= 11 is 1.50. The van der Waals surface area contributed by atoms with Gasteiger partial charge in [-0.05, 0) is 44.7 Å². The molecule has 0 aliphatic carbocycles. The number of ether oxygens (including phenoxy) is 1. The summed E-state index contributed by atoms with van der Waals surface area (Å²) in [4.78, 5) is 45.7. The largest absolute Gasteiger partial charge is 0.466 e. The molecule has 1 aromatic carbocycles. The van der Waals surface area contributed by atoms with Crippen LogP contribution in [-0.2, 0) is 14.3 Å². The molecule has 34 heavy (non-hydrogen) atoms.